The highest BCUT2D eigenvalue weighted by Gasteiger charge is 2.45. The van der Waals surface area contributed by atoms with Gasteiger partial charge in [-0.15, -0.1) is 0 Å². The molecule has 4 rings (SSSR count). The number of carbonyl (C=O) groups is 2. The van der Waals surface area contributed by atoms with Crippen molar-refractivity contribution < 1.29 is 54.2 Å². The third-order valence-electron chi connectivity index (χ3n) is 6.52. The molecule has 1 heterocycles. The van der Waals surface area contributed by atoms with E-state index in [1.165, 1.54) is 0 Å². The van der Waals surface area contributed by atoms with Gasteiger partial charge in [-0.25, -0.2) is 4.79 Å². The molecule has 0 saturated heterocycles. The number of fused-ring (bicyclic) bond motifs is 1. The largest absolute Gasteiger partial charge is 0.465 e. The van der Waals surface area contributed by atoms with E-state index in [9.17, 15) is 54.2 Å². The Balaban J connectivity index is 1.67. The van der Waals surface area contributed by atoms with Crippen LogP contribution in [0.5, 0.6) is 0 Å². The number of anilines is 1. The van der Waals surface area contributed by atoms with E-state index in [4.69, 9.17) is 0 Å². The second kappa shape index (κ2) is 9.38. The molecular weight excluding hydrogens is 535 g/mol. The van der Waals surface area contributed by atoms with Crippen molar-refractivity contribution in [2.45, 2.75) is 56.3 Å². The van der Waals surface area contributed by atoms with E-state index >= 15 is 0 Å². The van der Waals surface area contributed by atoms with Gasteiger partial charge in [-0.2, -0.15) is 39.5 Å². The van der Waals surface area contributed by atoms with Crippen molar-refractivity contribution in [1.82, 2.24) is 5.32 Å². The number of carboxylic acid groups (broad SMARTS) is 1. The number of amides is 2. The Morgan fingerprint density at radius 2 is 1.39 bits per heavy atom. The van der Waals surface area contributed by atoms with Crippen LogP contribution >= 0.6 is 0 Å². The van der Waals surface area contributed by atoms with E-state index in [1.807, 2.05) is 0 Å². The molecule has 0 unspecified atom stereocenters. The predicted octanol–water partition coefficient (Wildman–Crippen LogP) is 6.81. The molecule has 1 aliphatic heterocycles. The Morgan fingerprint density at radius 1 is 0.842 bits per heavy atom. The van der Waals surface area contributed by atoms with Crippen LogP contribution in [0.3, 0.4) is 0 Å². The molecule has 5 nitrogen and oxygen atoms in total. The van der Waals surface area contributed by atoms with Gasteiger partial charge in [0, 0.05) is 6.04 Å². The maximum Gasteiger partial charge on any atom is 0.416 e. The van der Waals surface area contributed by atoms with Crippen molar-refractivity contribution in [3.05, 3.63) is 64.2 Å². The van der Waals surface area contributed by atoms with Crippen LogP contribution in [0.15, 0.2) is 36.4 Å². The van der Waals surface area contributed by atoms with Crippen molar-refractivity contribution in [1.29, 1.82) is 0 Å². The topological polar surface area (TPSA) is 69.6 Å². The summed E-state index contributed by atoms with van der Waals surface area (Å²) in [5, 5.41) is 12.1. The molecule has 2 amide bonds. The Kier molecular flexibility index (Phi) is 6.81. The van der Waals surface area contributed by atoms with Gasteiger partial charge in [0.25, 0.3) is 0 Å². The average molecular weight is 554 g/mol. The molecule has 0 radical (unpaired) electrons. The number of benzene rings is 2. The third kappa shape index (κ3) is 5.83. The van der Waals surface area contributed by atoms with Crippen LogP contribution in [-0.4, -0.2) is 23.1 Å². The Hall–Kier alpha value is -3.45. The lowest BCUT2D eigenvalue weighted by Gasteiger charge is -2.40. The van der Waals surface area contributed by atoms with Gasteiger partial charge in [0.15, 0.2) is 0 Å². The number of nitrogens with one attached hydrogen (secondary N) is 1. The van der Waals surface area contributed by atoms with Crippen molar-refractivity contribution in [2.75, 3.05) is 4.90 Å². The summed E-state index contributed by atoms with van der Waals surface area (Å²) >= 11 is 0. The van der Waals surface area contributed by atoms with E-state index in [2.05, 4.69) is 5.32 Å². The number of alkyl halides is 9. The van der Waals surface area contributed by atoms with Gasteiger partial charge in [-0.3, -0.25) is 9.69 Å². The highest BCUT2D eigenvalue weighted by molar-refractivity contribution is 5.89. The van der Waals surface area contributed by atoms with Crippen LogP contribution in [0.4, 0.5) is 50.0 Å². The van der Waals surface area contributed by atoms with Crippen LogP contribution in [0.2, 0.25) is 0 Å². The number of nitrogens with zero attached hydrogens (tertiary/aromatic N) is 1. The lowest BCUT2D eigenvalue weighted by molar-refractivity contribution is -0.143. The minimum absolute atomic E-state index is 0.0851. The lowest BCUT2D eigenvalue weighted by atomic mass is 9.87. The second-order valence-corrected chi connectivity index (χ2v) is 9.28. The van der Waals surface area contributed by atoms with Crippen molar-refractivity contribution >= 4 is 17.7 Å². The minimum Gasteiger partial charge on any atom is -0.465 e. The first-order valence-corrected chi connectivity index (χ1v) is 11.3. The van der Waals surface area contributed by atoms with Gasteiger partial charge in [-0.05, 0) is 72.7 Å². The van der Waals surface area contributed by atoms with Crippen LogP contribution in [0.1, 0.15) is 53.1 Å². The normalized spacial score (nSPS) is 20.2. The van der Waals surface area contributed by atoms with Gasteiger partial charge in [0.1, 0.15) is 0 Å². The van der Waals surface area contributed by atoms with E-state index in [1.54, 1.807) is 0 Å². The van der Waals surface area contributed by atoms with Crippen molar-refractivity contribution in [3.63, 3.8) is 0 Å². The first-order chi connectivity index (χ1) is 17.4. The maximum absolute atomic E-state index is 13.4. The molecule has 2 N–H and O–H groups in total. The van der Waals surface area contributed by atoms with E-state index in [-0.39, 0.29) is 29.7 Å². The molecule has 206 valence electrons. The molecule has 2 atom stereocenters. The van der Waals surface area contributed by atoms with Crippen LogP contribution < -0.4 is 10.2 Å². The Bertz CT molecular complexity index is 1220. The average Bonchev–Trinajstić information content (AvgIpc) is 3.61. The summed E-state index contributed by atoms with van der Waals surface area (Å²) in [6.07, 6.45) is -16.2. The fourth-order valence-electron chi connectivity index (χ4n) is 4.70. The first kappa shape index (κ1) is 27.6. The fraction of sp³-hybridized carbons (Fsp3) is 0.417. The van der Waals surface area contributed by atoms with Gasteiger partial charge in [-0.1, -0.05) is 0 Å². The predicted molar refractivity (Wildman–Crippen MR) is 114 cm³/mol. The molecule has 2 aromatic carbocycles. The van der Waals surface area contributed by atoms with Gasteiger partial charge < -0.3 is 10.4 Å². The monoisotopic (exact) mass is 554 g/mol. The first-order valence-electron chi connectivity index (χ1n) is 11.3. The van der Waals surface area contributed by atoms with Crippen LogP contribution in [-0.2, 0) is 29.7 Å². The van der Waals surface area contributed by atoms with E-state index in [0.29, 0.717) is 37.1 Å². The molecular formula is C24H19F9N2O3. The molecule has 2 aromatic rings. The minimum atomic E-state index is -5.12. The number of hydrogen-bond acceptors (Lipinski definition) is 2. The number of hydrogen-bond donors (Lipinski definition) is 2. The highest BCUT2D eigenvalue weighted by atomic mass is 19.4. The number of rotatable bonds is 4. The summed E-state index contributed by atoms with van der Waals surface area (Å²) in [5.41, 5.74) is -5.20. The summed E-state index contributed by atoms with van der Waals surface area (Å²) in [4.78, 5) is 25.7. The molecule has 2 aliphatic rings. The summed E-state index contributed by atoms with van der Waals surface area (Å²) < 4.78 is 119. The molecule has 0 bridgehead atoms. The van der Waals surface area contributed by atoms with Gasteiger partial charge >= 0.3 is 24.6 Å². The number of carbonyl (C=O) groups excluding carboxylic acids is 1. The molecule has 0 aromatic heterocycles. The van der Waals surface area contributed by atoms with E-state index < -0.39 is 71.3 Å². The quantitative estimate of drug-likeness (QED) is 0.408. The lowest BCUT2D eigenvalue weighted by Crippen LogP contribution is -2.48. The molecule has 1 fully saturated rings. The molecule has 38 heavy (non-hydrogen) atoms. The van der Waals surface area contributed by atoms with Crippen molar-refractivity contribution in [2.24, 2.45) is 5.92 Å². The zero-order chi connectivity index (χ0) is 28.2. The Morgan fingerprint density at radius 3 is 1.87 bits per heavy atom. The van der Waals surface area contributed by atoms with Gasteiger partial charge in [0.2, 0.25) is 5.91 Å². The zero-order valence-electron chi connectivity index (χ0n) is 19.1. The smallest absolute Gasteiger partial charge is 0.416 e. The summed E-state index contributed by atoms with van der Waals surface area (Å²) in [5.74, 6) is -1.15. The standard InChI is InChI=1S/C24H19F9N2O3/c25-22(26,27)13-3-4-18-16(9-13)17(10-19(12-1-2-12)35(18)21(37)38)34-20(36)7-11-5-14(23(28,29)30)8-15(6-11)24(31,32)33/h3-6,8-9,12,17,19H,1-2,7,10H2,(H,34,36)(H,37,38)/t17-,19-/m0/s1. The van der Waals surface area contributed by atoms with Crippen molar-refractivity contribution in [3.8, 4) is 0 Å². The van der Waals surface area contributed by atoms with Crippen LogP contribution in [0, 0.1) is 5.92 Å². The highest BCUT2D eigenvalue weighted by Crippen LogP contribution is 2.47. The van der Waals surface area contributed by atoms with Gasteiger partial charge in [0.05, 0.1) is 34.8 Å². The fourth-order valence-corrected chi connectivity index (χ4v) is 4.70. The molecule has 0 spiro atoms. The van der Waals surface area contributed by atoms with E-state index in [0.717, 1.165) is 11.0 Å². The molecule has 1 saturated carbocycles. The third-order valence-corrected chi connectivity index (χ3v) is 6.52. The Labute approximate surface area is 209 Å². The summed E-state index contributed by atoms with van der Waals surface area (Å²) in [6.45, 7) is 0. The maximum atomic E-state index is 13.4. The summed E-state index contributed by atoms with van der Waals surface area (Å²) in [6, 6.07) is 1.21. The number of halogens is 9. The second-order valence-electron chi connectivity index (χ2n) is 9.28. The SMILES string of the molecule is O=C(Cc1cc(C(F)(F)F)cc(C(F)(F)F)c1)N[C@H]1C[C@@H](C2CC2)N(C(=O)O)c2ccc(C(F)(F)F)cc21. The molecule has 14 heteroatoms. The molecule has 1 aliphatic carbocycles. The summed E-state index contributed by atoms with van der Waals surface area (Å²) in [7, 11) is 0. The zero-order valence-corrected chi connectivity index (χ0v) is 19.1. The van der Waals surface area contributed by atoms with Crippen LogP contribution in [0.25, 0.3) is 0 Å².